The van der Waals surface area contributed by atoms with Crippen LogP contribution in [0.4, 0.5) is 5.95 Å². The van der Waals surface area contributed by atoms with E-state index in [-0.39, 0.29) is 24.0 Å². The molecule has 3 aromatic rings. The predicted molar refractivity (Wildman–Crippen MR) is 128 cm³/mol. The predicted octanol–water partition coefficient (Wildman–Crippen LogP) is 4.45. The minimum absolute atomic E-state index is 0.200. The molecule has 2 heterocycles. The average Bonchev–Trinajstić information content (AvgIpc) is 2.87. The second-order valence-electron chi connectivity index (χ2n) is 7.69. The van der Waals surface area contributed by atoms with Gasteiger partial charge >= 0.3 is 0 Å². The Hall–Kier alpha value is -3.32. The zero-order valence-corrected chi connectivity index (χ0v) is 19.2. The Morgan fingerprint density at radius 3 is 2.76 bits per heavy atom. The van der Waals surface area contributed by atoms with Crippen LogP contribution in [0.25, 0.3) is 0 Å². The first-order valence-electron chi connectivity index (χ1n) is 10.8. The summed E-state index contributed by atoms with van der Waals surface area (Å²) in [5.41, 5.74) is 2.13. The summed E-state index contributed by atoms with van der Waals surface area (Å²) in [5.74, 6) is 1.09. The largest absolute Gasteiger partial charge is 0.495 e. The molecule has 0 saturated carbocycles. The summed E-state index contributed by atoms with van der Waals surface area (Å²) < 4.78 is 11.2. The highest BCUT2D eigenvalue weighted by molar-refractivity contribution is 6.32. The number of carbonyl (C=O) groups excluding carboxylic acids is 1. The number of benzene rings is 2. The van der Waals surface area contributed by atoms with Crippen molar-refractivity contribution < 1.29 is 14.3 Å². The molecule has 0 bridgehead atoms. The number of nitrogens with zero attached hydrogens (tertiary/aromatic N) is 3. The van der Waals surface area contributed by atoms with Crippen molar-refractivity contribution >= 4 is 23.5 Å². The van der Waals surface area contributed by atoms with Gasteiger partial charge in [0, 0.05) is 25.8 Å². The number of ether oxygens (including phenoxy) is 2. The smallest absolute Gasteiger partial charge is 0.258 e. The molecule has 8 heteroatoms. The van der Waals surface area contributed by atoms with E-state index in [1.807, 2.05) is 36.4 Å². The van der Waals surface area contributed by atoms with Crippen LogP contribution in [-0.4, -0.2) is 36.1 Å². The van der Waals surface area contributed by atoms with Crippen molar-refractivity contribution in [3.8, 4) is 11.6 Å². The van der Waals surface area contributed by atoms with E-state index in [1.165, 1.54) is 6.20 Å². The maximum atomic E-state index is 12.9. The van der Waals surface area contributed by atoms with Crippen molar-refractivity contribution in [2.75, 3.05) is 25.1 Å². The Kier molecular flexibility index (Phi) is 7.62. The summed E-state index contributed by atoms with van der Waals surface area (Å²) in [6.07, 6.45) is 5.86. The van der Waals surface area contributed by atoms with Crippen molar-refractivity contribution in [1.82, 2.24) is 15.3 Å². The molecule has 1 N–H and O–H groups in total. The molecule has 33 heavy (non-hydrogen) atoms. The van der Waals surface area contributed by atoms with Gasteiger partial charge in [-0.3, -0.25) is 4.79 Å². The van der Waals surface area contributed by atoms with E-state index in [2.05, 4.69) is 26.6 Å². The van der Waals surface area contributed by atoms with Gasteiger partial charge in [-0.25, -0.2) is 4.98 Å². The van der Waals surface area contributed by atoms with Crippen molar-refractivity contribution in [2.45, 2.75) is 26.0 Å². The maximum Gasteiger partial charge on any atom is 0.258 e. The molecule has 171 valence electrons. The minimum Gasteiger partial charge on any atom is -0.495 e. The van der Waals surface area contributed by atoms with Gasteiger partial charge in [0.15, 0.2) is 0 Å². The van der Waals surface area contributed by atoms with Gasteiger partial charge in [0.2, 0.25) is 11.8 Å². The summed E-state index contributed by atoms with van der Waals surface area (Å²) in [7, 11) is 1.57. The fourth-order valence-corrected chi connectivity index (χ4v) is 3.83. The van der Waals surface area contributed by atoms with Gasteiger partial charge in [-0.15, -0.1) is 0 Å². The fourth-order valence-electron chi connectivity index (χ4n) is 3.55. The number of hydrogen-bond acceptors (Lipinski definition) is 6. The molecule has 1 fully saturated rings. The molecular weight excluding hydrogens is 440 g/mol. The van der Waals surface area contributed by atoms with Crippen LogP contribution in [0.15, 0.2) is 54.7 Å². The second kappa shape index (κ2) is 11.0. The minimum atomic E-state index is -0.293. The number of rotatable bonds is 8. The summed E-state index contributed by atoms with van der Waals surface area (Å²) in [6, 6.07) is 15.1. The Labute approximate surface area is 198 Å². The monoisotopic (exact) mass is 465 g/mol. The molecular formula is C25H26ClN4O3. The SMILES string of the molecule is COc1ccc(COc2nc(N3C[CH]CCC3)ncc2C(=O)NCc2ccccc2)cc1Cl. The van der Waals surface area contributed by atoms with Crippen molar-refractivity contribution in [1.29, 1.82) is 0 Å². The zero-order chi connectivity index (χ0) is 23.0. The lowest BCUT2D eigenvalue weighted by atomic mass is 10.1. The Balaban J connectivity index is 1.54. The standard InChI is InChI=1S/C25H26ClN4O3/c1-32-22-11-10-19(14-21(22)26)17-33-24-20(23(31)27-15-18-8-4-2-5-9-18)16-28-25(29-24)30-12-6-3-7-13-30/h2,4-6,8-11,14,16H,3,7,12-13,15,17H2,1H3,(H,27,31). The summed E-state index contributed by atoms with van der Waals surface area (Å²) >= 11 is 6.24. The van der Waals surface area contributed by atoms with Gasteiger partial charge in [-0.2, -0.15) is 4.98 Å². The molecule has 1 amide bonds. The van der Waals surface area contributed by atoms with E-state index < -0.39 is 0 Å². The molecule has 1 aromatic heterocycles. The third kappa shape index (κ3) is 5.93. The normalized spacial score (nSPS) is 13.5. The third-order valence-corrected chi connectivity index (χ3v) is 5.64. The number of anilines is 1. The molecule has 0 unspecified atom stereocenters. The lowest BCUT2D eigenvalue weighted by molar-refractivity contribution is 0.0945. The van der Waals surface area contributed by atoms with E-state index in [0.717, 1.165) is 37.1 Å². The number of halogens is 1. The Morgan fingerprint density at radius 2 is 2.03 bits per heavy atom. The van der Waals surface area contributed by atoms with E-state index in [0.29, 0.717) is 23.3 Å². The first kappa shape index (κ1) is 22.9. The number of amides is 1. The van der Waals surface area contributed by atoms with Crippen LogP contribution in [0.1, 0.15) is 34.3 Å². The molecule has 2 aromatic carbocycles. The van der Waals surface area contributed by atoms with Gasteiger partial charge in [-0.05, 0) is 42.5 Å². The van der Waals surface area contributed by atoms with Crippen LogP contribution in [0, 0.1) is 6.42 Å². The number of methoxy groups -OCH3 is 1. The summed E-state index contributed by atoms with van der Waals surface area (Å²) in [6.45, 7) is 2.23. The fraction of sp³-hybridized carbons (Fsp3) is 0.280. The van der Waals surface area contributed by atoms with E-state index in [1.54, 1.807) is 19.2 Å². The van der Waals surface area contributed by atoms with Crippen molar-refractivity contribution in [2.24, 2.45) is 0 Å². The summed E-state index contributed by atoms with van der Waals surface area (Å²) in [4.78, 5) is 24.1. The molecule has 0 aliphatic carbocycles. The van der Waals surface area contributed by atoms with Gasteiger partial charge in [-0.1, -0.05) is 48.0 Å². The first-order valence-corrected chi connectivity index (χ1v) is 11.2. The topological polar surface area (TPSA) is 76.6 Å². The van der Waals surface area contributed by atoms with Crippen molar-refractivity contribution in [3.05, 3.63) is 82.9 Å². The highest BCUT2D eigenvalue weighted by Crippen LogP contribution is 2.27. The van der Waals surface area contributed by atoms with E-state index in [4.69, 9.17) is 21.1 Å². The van der Waals surface area contributed by atoms with E-state index in [9.17, 15) is 4.79 Å². The quantitative estimate of drug-likeness (QED) is 0.529. The lowest BCUT2D eigenvalue weighted by Crippen LogP contribution is -2.32. The molecule has 1 aliphatic rings. The third-order valence-electron chi connectivity index (χ3n) is 5.34. The first-order chi connectivity index (χ1) is 16.1. The molecule has 1 aliphatic heterocycles. The maximum absolute atomic E-state index is 12.9. The number of aromatic nitrogens is 2. The van der Waals surface area contributed by atoms with Gasteiger partial charge in [0.25, 0.3) is 5.91 Å². The van der Waals surface area contributed by atoms with Crippen LogP contribution in [0.3, 0.4) is 0 Å². The highest BCUT2D eigenvalue weighted by atomic mass is 35.5. The average molecular weight is 466 g/mol. The Morgan fingerprint density at radius 1 is 1.18 bits per heavy atom. The van der Waals surface area contributed by atoms with Gasteiger partial charge in [0.05, 0.1) is 12.1 Å². The molecule has 1 radical (unpaired) electrons. The Bertz CT molecular complexity index is 1090. The highest BCUT2D eigenvalue weighted by Gasteiger charge is 2.20. The zero-order valence-electron chi connectivity index (χ0n) is 18.5. The molecule has 4 rings (SSSR count). The molecule has 7 nitrogen and oxygen atoms in total. The van der Waals surface area contributed by atoms with Crippen LogP contribution >= 0.6 is 11.6 Å². The van der Waals surface area contributed by atoms with E-state index >= 15 is 0 Å². The van der Waals surface area contributed by atoms with Crippen LogP contribution in [0.2, 0.25) is 5.02 Å². The molecule has 1 saturated heterocycles. The molecule has 0 atom stereocenters. The van der Waals surface area contributed by atoms with Crippen LogP contribution in [0.5, 0.6) is 11.6 Å². The van der Waals surface area contributed by atoms with Crippen molar-refractivity contribution in [3.63, 3.8) is 0 Å². The lowest BCUT2D eigenvalue weighted by Gasteiger charge is -2.26. The molecule has 0 spiro atoms. The summed E-state index contributed by atoms with van der Waals surface area (Å²) in [5, 5.41) is 3.41. The number of piperidine rings is 1. The second-order valence-corrected chi connectivity index (χ2v) is 8.10. The van der Waals surface area contributed by atoms with Gasteiger partial charge < -0.3 is 19.7 Å². The number of nitrogens with one attached hydrogen (secondary N) is 1. The van der Waals surface area contributed by atoms with Crippen LogP contribution < -0.4 is 19.7 Å². The number of carbonyl (C=O) groups is 1. The number of hydrogen-bond donors (Lipinski definition) is 1. The van der Waals surface area contributed by atoms with Gasteiger partial charge in [0.1, 0.15) is 17.9 Å². The van der Waals surface area contributed by atoms with Crippen LogP contribution in [-0.2, 0) is 13.2 Å².